The third-order valence-corrected chi connectivity index (χ3v) is 6.15. The Morgan fingerprint density at radius 2 is 1.69 bits per heavy atom. The van der Waals surface area contributed by atoms with Crippen LogP contribution in [0.2, 0.25) is 0 Å². The number of likely N-dealkylation sites (tertiary alicyclic amines) is 1. The standard InChI is InChI=1S/C22H24N2O2/c25-21-19-11-5-4-10-18(19)20(16-23-12-6-7-13-23)22(24(21)14-15-26-22)17-8-2-1-3-9-17/h1-5,8-11,20H,6-7,12-16H2/t20-,22-/m1/s1. The molecule has 5 rings (SSSR count). The molecule has 0 saturated carbocycles. The lowest BCUT2D eigenvalue weighted by Gasteiger charge is -2.48. The largest absolute Gasteiger partial charge is 0.349 e. The molecule has 4 nitrogen and oxygen atoms in total. The van der Waals surface area contributed by atoms with Crippen LogP contribution in [0, 0.1) is 0 Å². The molecule has 3 aliphatic rings. The van der Waals surface area contributed by atoms with Crippen LogP contribution >= 0.6 is 0 Å². The van der Waals surface area contributed by atoms with Gasteiger partial charge in [0.2, 0.25) is 0 Å². The molecule has 0 radical (unpaired) electrons. The molecule has 0 unspecified atom stereocenters. The second-order valence-electron chi connectivity index (χ2n) is 7.52. The molecular weight excluding hydrogens is 324 g/mol. The van der Waals surface area contributed by atoms with E-state index in [4.69, 9.17) is 4.74 Å². The molecule has 2 fully saturated rings. The van der Waals surface area contributed by atoms with E-state index in [0.29, 0.717) is 13.2 Å². The molecule has 0 aromatic heterocycles. The Labute approximate surface area is 154 Å². The summed E-state index contributed by atoms with van der Waals surface area (Å²) >= 11 is 0. The van der Waals surface area contributed by atoms with Crippen LogP contribution in [-0.4, -0.2) is 48.5 Å². The molecule has 26 heavy (non-hydrogen) atoms. The zero-order valence-electron chi connectivity index (χ0n) is 14.9. The summed E-state index contributed by atoms with van der Waals surface area (Å²) in [5.74, 6) is 0.221. The van der Waals surface area contributed by atoms with Crippen LogP contribution in [0.3, 0.4) is 0 Å². The Kier molecular flexibility index (Phi) is 3.84. The van der Waals surface area contributed by atoms with Crippen molar-refractivity contribution in [2.75, 3.05) is 32.8 Å². The first-order valence-corrected chi connectivity index (χ1v) is 9.63. The third-order valence-electron chi connectivity index (χ3n) is 6.15. The van der Waals surface area contributed by atoms with Gasteiger partial charge in [-0.2, -0.15) is 0 Å². The van der Waals surface area contributed by atoms with Crippen molar-refractivity contribution in [1.82, 2.24) is 9.80 Å². The highest BCUT2D eigenvalue weighted by Crippen LogP contribution is 2.51. The van der Waals surface area contributed by atoms with E-state index in [0.717, 1.165) is 36.3 Å². The van der Waals surface area contributed by atoms with Crippen molar-refractivity contribution in [1.29, 1.82) is 0 Å². The Hall–Kier alpha value is -2.17. The van der Waals surface area contributed by atoms with E-state index in [1.54, 1.807) is 0 Å². The Morgan fingerprint density at radius 3 is 2.50 bits per heavy atom. The van der Waals surface area contributed by atoms with Gasteiger partial charge in [-0.05, 0) is 37.6 Å². The molecule has 2 aromatic carbocycles. The van der Waals surface area contributed by atoms with Crippen molar-refractivity contribution in [3.8, 4) is 0 Å². The summed E-state index contributed by atoms with van der Waals surface area (Å²) in [7, 11) is 0. The summed E-state index contributed by atoms with van der Waals surface area (Å²) in [6.07, 6.45) is 2.52. The van der Waals surface area contributed by atoms with Gasteiger partial charge in [0.05, 0.1) is 12.5 Å². The van der Waals surface area contributed by atoms with Crippen LogP contribution in [0.15, 0.2) is 54.6 Å². The summed E-state index contributed by atoms with van der Waals surface area (Å²) in [4.78, 5) is 17.8. The maximum atomic E-state index is 13.3. The lowest BCUT2D eigenvalue weighted by Crippen LogP contribution is -2.56. The van der Waals surface area contributed by atoms with E-state index >= 15 is 0 Å². The second kappa shape index (κ2) is 6.22. The van der Waals surface area contributed by atoms with Crippen molar-refractivity contribution in [3.05, 3.63) is 71.3 Å². The summed E-state index contributed by atoms with van der Waals surface area (Å²) in [5, 5.41) is 0. The normalized spacial score (nSPS) is 28.2. The van der Waals surface area contributed by atoms with Gasteiger partial charge in [0.25, 0.3) is 5.91 Å². The van der Waals surface area contributed by atoms with Crippen LogP contribution < -0.4 is 0 Å². The van der Waals surface area contributed by atoms with Crippen LogP contribution in [0.5, 0.6) is 0 Å². The fourth-order valence-corrected chi connectivity index (χ4v) is 4.99. The van der Waals surface area contributed by atoms with E-state index in [2.05, 4.69) is 23.1 Å². The Morgan fingerprint density at radius 1 is 0.962 bits per heavy atom. The summed E-state index contributed by atoms with van der Waals surface area (Å²) in [6, 6.07) is 18.4. The smallest absolute Gasteiger partial charge is 0.256 e. The highest BCUT2D eigenvalue weighted by Gasteiger charge is 2.56. The van der Waals surface area contributed by atoms with E-state index < -0.39 is 5.72 Å². The highest BCUT2D eigenvalue weighted by molar-refractivity contribution is 5.98. The molecule has 2 saturated heterocycles. The minimum absolute atomic E-state index is 0.0969. The van der Waals surface area contributed by atoms with Crippen molar-refractivity contribution >= 4 is 5.91 Å². The fraction of sp³-hybridized carbons (Fsp3) is 0.409. The van der Waals surface area contributed by atoms with Gasteiger partial charge in [0.1, 0.15) is 0 Å². The Balaban J connectivity index is 1.69. The van der Waals surface area contributed by atoms with Crippen LogP contribution in [-0.2, 0) is 10.5 Å². The van der Waals surface area contributed by atoms with Gasteiger partial charge >= 0.3 is 0 Å². The molecule has 3 aliphatic heterocycles. The summed E-state index contributed by atoms with van der Waals surface area (Å²) < 4.78 is 6.46. The van der Waals surface area contributed by atoms with E-state index in [-0.39, 0.29) is 11.8 Å². The number of carbonyl (C=O) groups is 1. The van der Waals surface area contributed by atoms with Gasteiger partial charge in [0.15, 0.2) is 5.72 Å². The lowest BCUT2D eigenvalue weighted by atomic mass is 9.76. The molecule has 2 aromatic rings. The molecule has 0 N–H and O–H groups in total. The molecule has 3 heterocycles. The summed E-state index contributed by atoms with van der Waals surface area (Å²) in [6.45, 7) is 4.44. The molecule has 4 heteroatoms. The van der Waals surface area contributed by atoms with Crippen molar-refractivity contribution in [2.24, 2.45) is 0 Å². The first-order chi connectivity index (χ1) is 12.8. The zero-order valence-corrected chi connectivity index (χ0v) is 14.9. The minimum Gasteiger partial charge on any atom is -0.349 e. The van der Waals surface area contributed by atoms with Crippen molar-refractivity contribution < 1.29 is 9.53 Å². The van der Waals surface area contributed by atoms with Gasteiger partial charge in [0, 0.05) is 24.2 Å². The van der Waals surface area contributed by atoms with Crippen molar-refractivity contribution in [3.63, 3.8) is 0 Å². The van der Waals surface area contributed by atoms with E-state index in [1.165, 1.54) is 12.8 Å². The first-order valence-electron chi connectivity index (χ1n) is 9.63. The average Bonchev–Trinajstić information content (AvgIpc) is 3.36. The maximum absolute atomic E-state index is 13.3. The molecule has 0 aliphatic carbocycles. The quantitative estimate of drug-likeness (QED) is 0.854. The number of benzene rings is 2. The molecule has 134 valence electrons. The molecule has 1 amide bonds. The topological polar surface area (TPSA) is 32.8 Å². The van der Waals surface area contributed by atoms with Crippen molar-refractivity contribution in [2.45, 2.75) is 24.5 Å². The van der Waals surface area contributed by atoms with Gasteiger partial charge in [-0.1, -0.05) is 48.5 Å². The predicted octanol–water partition coefficient (Wildman–Crippen LogP) is 3.21. The second-order valence-corrected chi connectivity index (χ2v) is 7.52. The Bertz CT molecular complexity index is 816. The predicted molar refractivity (Wildman–Crippen MR) is 100.0 cm³/mol. The number of ether oxygens (including phenoxy) is 1. The summed E-state index contributed by atoms with van der Waals surface area (Å²) in [5.41, 5.74) is 2.37. The van der Waals surface area contributed by atoms with Crippen LogP contribution in [0.1, 0.15) is 40.2 Å². The minimum atomic E-state index is -0.685. The number of nitrogens with zero attached hydrogens (tertiary/aromatic N) is 2. The van der Waals surface area contributed by atoms with Gasteiger partial charge in [-0.25, -0.2) is 0 Å². The lowest BCUT2D eigenvalue weighted by molar-refractivity contribution is -0.105. The van der Waals surface area contributed by atoms with E-state index in [1.807, 2.05) is 41.3 Å². The molecule has 2 atom stereocenters. The zero-order chi connectivity index (χ0) is 17.6. The SMILES string of the molecule is O=C1c2ccccc2[C@@H](CN2CCCC2)[C@@]2(c3ccccc3)OCCN12. The van der Waals surface area contributed by atoms with Gasteiger partial charge in [-0.15, -0.1) is 0 Å². The van der Waals surface area contributed by atoms with E-state index in [9.17, 15) is 4.79 Å². The van der Waals surface area contributed by atoms with Crippen LogP contribution in [0.4, 0.5) is 0 Å². The third kappa shape index (κ3) is 2.25. The number of amides is 1. The highest BCUT2D eigenvalue weighted by atomic mass is 16.5. The molecular formula is C22H24N2O2. The number of fused-ring (bicyclic) bond motifs is 2. The maximum Gasteiger partial charge on any atom is 0.256 e. The first kappa shape index (κ1) is 16.0. The number of hydrogen-bond acceptors (Lipinski definition) is 3. The number of carbonyl (C=O) groups excluding carboxylic acids is 1. The average molecular weight is 348 g/mol. The molecule has 0 bridgehead atoms. The fourth-order valence-electron chi connectivity index (χ4n) is 4.99. The van der Waals surface area contributed by atoms with Crippen LogP contribution in [0.25, 0.3) is 0 Å². The number of hydrogen-bond donors (Lipinski definition) is 0. The molecule has 0 spiro atoms. The van der Waals surface area contributed by atoms with Gasteiger partial charge < -0.3 is 14.5 Å². The van der Waals surface area contributed by atoms with Gasteiger partial charge in [-0.3, -0.25) is 4.79 Å². The monoisotopic (exact) mass is 348 g/mol. The number of rotatable bonds is 3.